The molecule has 0 unspecified atom stereocenters. The molecule has 0 spiro atoms. The number of aromatic nitrogens is 1. The number of likely N-dealkylation sites (tertiary alicyclic amines) is 1. The number of nitrogens with zero attached hydrogens (tertiary/aromatic N) is 2. The largest absolute Gasteiger partial charge is 0.496 e. The van der Waals surface area contributed by atoms with E-state index >= 15 is 0 Å². The lowest BCUT2D eigenvalue weighted by atomic mass is 9.95. The highest BCUT2D eigenvalue weighted by atomic mass is 35.5. The molecule has 0 aliphatic carbocycles. The maximum atomic E-state index is 6.41. The Morgan fingerprint density at radius 1 is 1.07 bits per heavy atom. The second-order valence-electron chi connectivity index (χ2n) is 6.72. The van der Waals surface area contributed by atoms with Gasteiger partial charge in [0.25, 0.3) is 0 Å². The molecule has 0 radical (unpaired) electrons. The highest BCUT2D eigenvalue weighted by molar-refractivity contribution is 7.13. The van der Waals surface area contributed by atoms with E-state index in [1.54, 1.807) is 18.4 Å². The lowest BCUT2D eigenvalue weighted by Gasteiger charge is -2.15. The summed E-state index contributed by atoms with van der Waals surface area (Å²) in [6.07, 6.45) is 0. The number of hydrogen-bond acceptors (Lipinski definition) is 5. The van der Waals surface area contributed by atoms with Gasteiger partial charge >= 0.3 is 0 Å². The van der Waals surface area contributed by atoms with Crippen molar-refractivity contribution in [1.29, 1.82) is 0 Å². The number of ether oxygens (including phenoxy) is 1. The van der Waals surface area contributed by atoms with Crippen molar-refractivity contribution in [3.8, 4) is 16.3 Å². The van der Waals surface area contributed by atoms with Gasteiger partial charge in [0.2, 0.25) is 0 Å². The van der Waals surface area contributed by atoms with E-state index in [1.807, 2.05) is 18.2 Å². The van der Waals surface area contributed by atoms with Crippen LogP contribution in [0.1, 0.15) is 17.2 Å². The van der Waals surface area contributed by atoms with E-state index in [4.69, 9.17) is 15.5 Å². The molecule has 1 aliphatic rings. The van der Waals surface area contributed by atoms with Crippen molar-refractivity contribution in [3.63, 3.8) is 0 Å². The normalized spacial score (nSPS) is 18.9. The third-order valence-corrected chi connectivity index (χ3v) is 5.87. The first kappa shape index (κ1) is 22.7. The molecule has 1 saturated heterocycles. The van der Waals surface area contributed by atoms with Crippen molar-refractivity contribution >= 4 is 36.2 Å². The predicted octanol–water partition coefficient (Wildman–Crippen LogP) is 4.59. The van der Waals surface area contributed by atoms with Gasteiger partial charge in [0.15, 0.2) is 0 Å². The summed E-state index contributed by atoms with van der Waals surface area (Å²) in [4.78, 5) is 7.24. The summed E-state index contributed by atoms with van der Waals surface area (Å²) in [6, 6.07) is 18.8. The quantitative estimate of drug-likeness (QED) is 0.633. The van der Waals surface area contributed by atoms with Crippen LogP contribution < -0.4 is 10.5 Å². The van der Waals surface area contributed by atoms with Crippen molar-refractivity contribution in [2.24, 2.45) is 5.73 Å². The van der Waals surface area contributed by atoms with Gasteiger partial charge in [0, 0.05) is 37.0 Å². The smallest absolute Gasteiger partial charge is 0.129 e. The van der Waals surface area contributed by atoms with Gasteiger partial charge in [-0.25, -0.2) is 4.98 Å². The molecule has 0 amide bonds. The Hall–Kier alpha value is -1.63. The molecule has 2 N–H and O–H groups in total. The Kier molecular flexibility index (Phi) is 8.28. The number of benzene rings is 2. The average Bonchev–Trinajstić information content (AvgIpc) is 3.29. The van der Waals surface area contributed by atoms with Crippen LogP contribution in [-0.4, -0.2) is 36.1 Å². The van der Waals surface area contributed by atoms with Gasteiger partial charge in [0.05, 0.1) is 18.4 Å². The minimum absolute atomic E-state index is 0. The first-order valence-electron chi connectivity index (χ1n) is 8.85. The molecule has 4 nitrogen and oxygen atoms in total. The van der Waals surface area contributed by atoms with Crippen LogP contribution in [0.5, 0.6) is 5.75 Å². The molecule has 7 heteroatoms. The maximum absolute atomic E-state index is 6.41. The van der Waals surface area contributed by atoms with E-state index in [1.165, 1.54) is 5.56 Å². The molecular weight excluding hydrogens is 413 g/mol. The fraction of sp³-hybridized carbons (Fsp3) is 0.286. The van der Waals surface area contributed by atoms with E-state index < -0.39 is 0 Å². The summed E-state index contributed by atoms with van der Waals surface area (Å²) < 4.78 is 5.46. The lowest BCUT2D eigenvalue weighted by molar-refractivity contribution is 0.320. The third kappa shape index (κ3) is 4.85. The summed E-state index contributed by atoms with van der Waals surface area (Å²) in [6.45, 7) is 2.72. The van der Waals surface area contributed by atoms with E-state index in [0.717, 1.165) is 41.6 Å². The standard InChI is InChI=1S/C21H23N3OS.2ClH/c1-25-20-10-6-5-9-17(20)21-23-16(14-26-21)11-24-12-18(19(22)13-24)15-7-3-2-4-8-15;;/h2-10,14,18-19H,11-13,22H2,1H3;2*1H/t18-,19+;;/m0../s1. The summed E-state index contributed by atoms with van der Waals surface area (Å²) >= 11 is 1.66. The molecule has 150 valence electrons. The fourth-order valence-corrected chi connectivity index (χ4v) is 4.49. The van der Waals surface area contributed by atoms with Gasteiger partial charge in [0.1, 0.15) is 10.8 Å². The van der Waals surface area contributed by atoms with Crippen LogP contribution in [-0.2, 0) is 6.54 Å². The van der Waals surface area contributed by atoms with E-state index in [-0.39, 0.29) is 30.9 Å². The predicted molar refractivity (Wildman–Crippen MR) is 121 cm³/mol. The van der Waals surface area contributed by atoms with Crippen LogP contribution in [0.3, 0.4) is 0 Å². The van der Waals surface area contributed by atoms with Crippen molar-refractivity contribution in [3.05, 3.63) is 71.2 Å². The summed E-state index contributed by atoms with van der Waals surface area (Å²) in [5.41, 5.74) is 9.88. The van der Waals surface area contributed by atoms with Crippen molar-refractivity contribution in [2.45, 2.75) is 18.5 Å². The van der Waals surface area contributed by atoms with Crippen LogP contribution in [0.15, 0.2) is 60.0 Å². The SMILES string of the molecule is COc1ccccc1-c1nc(CN2C[C@@H](N)[C@H](c3ccccc3)C2)cs1.Cl.Cl. The Bertz CT molecular complexity index is 875. The van der Waals surface area contributed by atoms with Gasteiger partial charge in [-0.2, -0.15) is 0 Å². The number of para-hydroxylation sites is 1. The molecular formula is C21H25Cl2N3OS. The van der Waals surface area contributed by atoms with Gasteiger partial charge in [-0.1, -0.05) is 42.5 Å². The minimum atomic E-state index is 0. The Balaban J connectivity index is 0.00000140. The topological polar surface area (TPSA) is 51.4 Å². The van der Waals surface area contributed by atoms with Gasteiger partial charge < -0.3 is 10.5 Å². The van der Waals surface area contributed by atoms with E-state index in [2.05, 4.69) is 46.7 Å². The van der Waals surface area contributed by atoms with Crippen molar-refractivity contribution in [1.82, 2.24) is 9.88 Å². The van der Waals surface area contributed by atoms with E-state index in [0.29, 0.717) is 5.92 Å². The maximum Gasteiger partial charge on any atom is 0.129 e. The number of hydrogen-bond donors (Lipinski definition) is 1. The van der Waals surface area contributed by atoms with Gasteiger partial charge in [-0.15, -0.1) is 36.2 Å². The molecule has 2 aromatic carbocycles. The number of methoxy groups -OCH3 is 1. The Labute approximate surface area is 182 Å². The first-order valence-corrected chi connectivity index (χ1v) is 9.73. The lowest BCUT2D eigenvalue weighted by Crippen LogP contribution is -2.28. The minimum Gasteiger partial charge on any atom is -0.496 e. The number of halogens is 2. The number of rotatable bonds is 5. The van der Waals surface area contributed by atoms with Gasteiger partial charge in [-0.05, 0) is 17.7 Å². The second kappa shape index (κ2) is 10.2. The highest BCUT2D eigenvalue weighted by Crippen LogP contribution is 2.33. The summed E-state index contributed by atoms with van der Waals surface area (Å²) in [5.74, 6) is 1.25. The zero-order valence-corrected chi connectivity index (χ0v) is 18.1. The first-order chi connectivity index (χ1) is 12.7. The summed E-state index contributed by atoms with van der Waals surface area (Å²) in [5, 5.41) is 3.14. The zero-order valence-electron chi connectivity index (χ0n) is 15.7. The molecule has 0 saturated carbocycles. The molecule has 1 aromatic heterocycles. The molecule has 3 aromatic rings. The molecule has 2 atom stereocenters. The number of nitrogens with two attached hydrogens (primary N) is 1. The van der Waals surface area contributed by atoms with E-state index in [9.17, 15) is 0 Å². The van der Waals surface area contributed by atoms with Crippen molar-refractivity contribution in [2.75, 3.05) is 20.2 Å². The molecule has 1 fully saturated rings. The molecule has 4 rings (SSSR count). The fourth-order valence-electron chi connectivity index (χ4n) is 3.65. The molecule has 1 aliphatic heterocycles. The monoisotopic (exact) mass is 437 g/mol. The average molecular weight is 438 g/mol. The van der Waals surface area contributed by atoms with Gasteiger partial charge in [-0.3, -0.25) is 4.90 Å². The Morgan fingerprint density at radius 2 is 1.79 bits per heavy atom. The van der Waals surface area contributed by atoms with Crippen LogP contribution in [0, 0.1) is 0 Å². The Morgan fingerprint density at radius 3 is 2.54 bits per heavy atom. The molecule has 0 bridgehead atoms. The molecule has 2 heterocycles. The van der Waals surface area contributed by atoms with Crippen LogP contribution in [0.4, 0.5) is 0 Å². The van der Waals surface area contributed by atoms with Crippen LogP contribution in [0.25, 0.3) is 10.6 Å². The second-order valence-corrected chi connectivity index (χ2v) is 7.58. The van der Waals surface area contributed by atoms with Crippen LogP contribution in [0.2, 0.25) is 0 Å². The molecule has 28 heavy (non-hydrogen) atoms. The summed E-state index contributed by atoms with van der Waals surface area (Å²) in [7, 11) is 1.70. The highest BCUT2D eigenvalue weighted by Gasteiger charge is 2.31. The van der Waals surface area contributed by atoms with Crippen molar-refractivity contribution < 1.29 is 4.74 Å². The third-order valence-electron chi connectivity index (χ3n) is 4.94. The zero-order chi connectivity index (χ0) is 17.9. The van der Waals surface area contributed by atoms with Crippen LogP contribution >= 0.6 is 36.2 Å². The number of thiazole rings is 1.